The van der Waals surface area contributed by atoms with Crippen LogP contribution in [-0.2, 0) is 19.6 Å². The van der Waals surface area contributed by atoms with Crippen molar-refractivity contribution in [1.82, 2.24) is 9.62 Å². The van der Waals surface area contributed by atoms with E-state index >= 15 is 0 Å². The van der Waals surface area contributed by atoms with Crippen molar-refractivity contribution in [2.75, 3.05) is 6.54 Å². The highest BCUT2D eigenvalue weighted by atomic mass is 32.2. The molecule has 1 saturated heterocycles. The van der Waals surface area contributed by atoms with Gasteiger partial charge in [-0.3, -0.25) is 9.59 Å². The molecule has 1 aromatic carbocycles. The van der Waals surface area contributed by atoms with Gasteiger partial charge in [-0.2, -0.15) is 5.26 Å². The molecule has 1 unspecified atom stereocenters. The number of hydrogen-bond donors (Lipinski definition) is 1. The van der Waals surface area contributed by atoms with Crippen LogP contribution in [0.15, 0.2) is 29.2 Å². The van der Waals surface area contributed by atoms with E-state index in [1.807, 2.05) is 6.07 Å². The predicted octanol–water partition coefficient (Wildman–Crippen LogP) is 1.93. The third kappa shape index (κ3) is 3.69. The van der Waals surface area contributed by atoms with Crippen LogP contribution in [0.2, 0.25) is 0 Å². The van der Waals surface area contributed by atoms with Gasteiger partial charge in [-0.1, -0.05) is 25.3 Å². The second kappa shape index (κ2) is 7.31. The maximum absolute atomic E-state index is 12.8. The summed E-state index contributed by atoms with van der Waals surface area (Å²) in [6.07, 6.45) is 5.22. The lowest BCUT2D eigenvalue weighted by atomic mass is 9.81. The molecule has 0 aromatic heterocycles. The second-order valence-corrected chi connectivity index (χ2v) is 9.11. The molecule has 2 amide bonds. The minimum absolute atomic E-state index is 0.0533. The Bertz CT molecular complexity index is 900. The van der Waals surface area contributed by atoms with Crippen molar-refractivity contribution in [2.45, 2.75) is 55.9 Å². The summed E-state index contributed by atoms with van der Waals surface area (Å²) in [4.78, 5) is 26.9. The maximum atomic E-state index is 12.8. The average molecular weight is 389 g/mol. The molecule has 1 aliphatic carbocycles. The van der Waals surface area contributed by atoms with E-state index in [9.17, 15) is 18.0 Å². The summed E-state index contributed by atoms with van der Waals surface area (Å²) >= 11 is 0. The van der Waals surface area contributed by atoms with Crippen molar-refractivity contribution in [1.29, 1.82) is 5.26 Å². The summed E-state index contributed by atoms with van der Waals surface area (Å²) in [6.45, 7) is 2.07. The first-order chi connectivity index (χ1) is 12.8. The molecule has 27 heavy (non-hydrogen) atoms. The molecule has 8 heteroatoms. The molecule has 1 aromatic rings. The Morgan fingerprint density at radius 3 is 2.56 bits per heavy atom. The largest absolute Gasteiger partial charge is 0.328 e. The van der Waals surface area contributed by atoms with Crippen LogP contribution in [0.5, 0.6) is 0 Å². The van der Waals surface area contributed by atoms with Gasteiger partial charge in [-0.25, -0.2) is 13.1 Å². The van der Waals surface area contributed by atoms with E-state index in [-0.39, 0.29) is 22.3 Å². The fraction of sp³-hybridized carbons (Fsp3) is 0.526. The lowest BCUT2D eigenvalue weighted by molar-refractivity contribution is -0.160. The standard InChI is InChI=1S/C19H23N3O4S/c1-19(10-11-22(19)17(23)15-7-3-2-4-8-15)18(24)21-27(25,26)16-9-5-6-14(12-16)13-20/h5-6,9,12,15H,2-4,7-8,10-11H2,1H3,(H,21,24). The van der Waals surface area contributed by atoms with Crippen LogP contribution in [-0.4, -0.2) is 37.2 Å². The van der Waals surface area contributed by atoms with Gasteiger partial charge in [0.05, 0.1) is 16.5 Å². The molecule has 2 aliphatic rings. The monoisotopic (exact) mass is 389 g/mol. The van der Waals surface area contributed by atoms with E-state index in [0.717, 1.165) is 32.1 Å². The van der Waals surface area contributed by atoms with Gasteiger partial charge in [0, 0.05) is 12.5 Å². The quantitative estimate of drug-likeness (QED) is 0.847. The highest BCUT2D eigenvalue weighted by molar-refractivity contribution is 7.90. The highest BCUT2D eigenvalue weighted by Crippen LogP contribution is 2.35. The minimum atomic E-state index is -4.11. The zero-order valence-corrected chi connectivity index (χ0v) is 16.1. The van der Waals surface area contributed by atoms with E-state index in [1.54, 1.807) is 6.92 Å². The van der Waals surface area contributed by atoms with Crippen molar-refractivity contribution >= 4 is 21.8 Å². The second-order valence-electron chi connectivity index (χ2n) is 7.42. The van der Waals surface area contributed by atoms with Gasteiger partial charge in [-0.05, 0) is 44.4 Å². The number of sulfonamides is 1. The van der Waals surface area contributed by atoms with E-state index in [1.165, 1.54) is 29.2 Å². The summed E-state index contributed by atoms with van der Waals surface area (Å²) in [7, 11) is -4.11. The lowest BCUT2D eigenvalue weighted by Gasteiger charge is -2.50. The van der Waals surface area contributed by atoms with Gasteiger partial charge in [0.2, 0.25) is 5.91 Å². The van der Waals surface area contributed by atoms with E-state index in [2.05, 4.69) is 4.72 Å². The zero-order chi connectivity index (χ0) is 19.7. The first kappa shape index (κ1) is 19.4. The summed E-state index contributed by atoms with van der Waals surface area (Å²) in [6, 6.07) is 7.34. The first-order valence-electron chi connectivity index (χ1n) is 9.17. The van der Waals surface area contributed by atoms with Crippen LogP contribution in [0.4, 0.5) is 0 Å². The molecule has 1 heterocycles. The van der Waals surface area contributed by atoms with Gasteiger partial charge < -0.3 is 4.90 Å². The van der Waals surface area contributed by atoms with Crippen LogP contribution in [0, 0.1) is 17.2 Å². The number of likely N-dealkylation sites (tertiary alicyclic amines) is 1. The SMILES string of the molecule is CC1(C(=O)NS(=O)(=O)c2cccc(C#N)c2)CCN1C(=O)C1CCCCC1. The molecular formula is C19H23N3O4S. The first-order valence-corrected chi connectivity index (χ1v) is 10.7. The maximum Gasteiger partial charge on any atom is 0.264 e. The van der Waals surface area contributed by atoms with E-state index in [0.29, 0.717) is 13.0 Å². The Hall–Kier alpha value is -2.40. The Labute approximate surface area is 159 Å². The molecule has 0 radical (unpaired) electrons. The number of nitrogens with zero attached hydrogens (tertiary/aromatic N) is 2. The third-order valence-corrected chi connectivity index (χ3v) is 6.96. The van der Waals surface area contributed by atoms with Crippen LogP contribution < -0.4 is 4.72 Å². The summed E-state index contributed by atoms with van der Waals surface area (Å²) in [5, 5.41) is 8.93. The zero-order valence-electron chi connectivity index (χ0n) is 15.3. The van der Waals surface area contributed by atoms with Crippen molar-refractivity contribution < 1.29 is 18.0 Å². The highest BCUT2D eigenvalue weighted by Gasteiger charge is 2.51. The van der Waals surface area contributed by atoms with Gasteiger partial charge in [0.1, 0.15) is 5.54 Å². The summed E-state index contributed by atoms with van der Waals surface area (Å²) in [5.74, 6) is -0.835. The third-order valence-electron chi connectivity index (χ3n) is 5.63. The minimum Gasteiger partial charge on any atom is -0.328 e. The number of nitrogens with one attached hydrogen (secondary N) is 1. The Morgan fingerprint density at radius 2 is 1.96 bits per heavy atom. The number of hydrogen-bond acceptors (Lipinski definition) is 5. The van der Waals surface area contributed by atoms with Crippen molar-refractivity contribution in [2.24, 2.45) is 5.92 Å². The van der Waals surface area contributed by atoms with Gasteiger partial charge in [0.15, 0.2) is 0 Å². The van der Waals surface area contributed by atoms with Gasteiger partial charge in [-0.15, -0.1) is 0 Å². The van der Waals surface area contributed by atoms with E-state index < -0.39 is 21.5 Å². The summed E-state index contributed by atoms with van der Waals surface area (Å²) < 4.78 is 27.1. The van der Waals surface area contributed by atoms with Crippen LogP contribution in [0.3, 0.4) is 0 Å². The Balaban J connectivity index is 1.74. The molecular weight excluding hydrogens is 366 g/mol. The van der Waals surface area contributed by atoms with Crippen molar-refractivity contribution in [3.63, 3.8) is 0 Å². The van der Waals surface area contributed by atoms with Crippen molar-refractivity contribution in [3.8, 4) is 6.07 Å². The number of rotatable bonds is 4. The Kier molecular flexibility index (Phi) is 5.24. The Morgan fingerprint density at radius 1 is 1.26 bits per heavy atom. The molecule has 2 fully saturated rings. The number of nitriles is 1. The van der Waals surface area contributed by atoms with E-state index in [4.69, 9.17) is 5.26 Å². The molecule has 1 atom stereocenters. The fourth-order valence-electron chi connectivity index (χ4n) is 3.74. The smallest absolute Gasteiger partial charge is 0.264 e. The molecule has 3 rings (SSSR count). The molecule has 0 bridgehead atoms. The number of amides is 2. The number of carbonyl (C=O) groups is 2. The van der Waals surface area contributed by atoms with Crippen LogP contribution in [0.1, 0.15) is 51.0 Å². The van der Waals surface area contributed by atoms with Crippen LogP contribution in [0.25, 0.3) is 0 Å². The molecule has 1 saturated carbocycles. The van der Waals surface area contributed by atoms with Gasteiger partial charge >= 0.3 is 0 Å². The molecule has 1 N–H and O–H groups in total. The molecule has 0 spiro atoms. The summed E-state index contributed by atoms with van der Waals surface area (Å²) in [5.41, 5.74) is -0.969. The van der Waals surface area contributed by atoms with Crippen molar-refractivity contribution in [3.05, 3.63) is 29.8 Å². The molecule has 1 aliphatic heterocycles. The normalized spacial score (nSPS) is 23.2. The van der Waals surface area contributed by atoms with Crippen LogP contribution >= 0.6 is 0 Å². The molecule has 7 nitrogen and oxygen atoms in total. The van der Waals surface area contributed by atoms with Gasteiger partial charge in [0.25, 0.3) is 15.9 Å². The number of benzene rings is 1. The number of carbonyl (C=O) groups excluding carboxylic acids is 2. The average Bonchev–Trinajstić information content (AvgIpc) is 2.66. The molecule has 144 valence electrons. The predicted molar refractivity (Wildman–Crippen MR) is 97.8 cm³/mol. The lowest BCUT2D eigenvalue weighted by Crippen LogP contribution is -2.68. The fourth-order valence-corrected chi connectivity index (χ4v) is 4.86. The topological polar surface area (TPSA) is 107 Å².